The molecule has 0 aromatic rings. The van der Waals surface area contributed by atoms with Gasteiger partial charge in [0.05, 0.1) is 159 Å². The maximum atomic E-state index is 5.71. The lowest BCUT2D eigenvalue weighted by Gasteiger charge is -2.09. The minimum atomic E-state index is 0.518. The molecule has 0 unspecified atom stereocenters. The molecule has 0 N–H and O–H groups in total. The minimum absolute atomic E-state index is 0.518. The summed E-state index contributed by atoms with van der Waals surface area (Å²) >= 11 is 0. The minimum Gasteiger partial charge on any atom is -0.379 e. The molecule has 13 nitrogen and oxygen atoms in total. The number of rotatable bonds is 68. The number of ether oxygens (including phenoxy) is 13. The molecule has 0 saturated heterocycles. The average molecular weight is 1020 g/mol. The van der Waals surface area contributed by atoms with E-state index in [2.05, 4.69) is 13.8 Å². The first-order valence-electron chi connectivity index (χ1n) is 29.9. The van der Waals surface area contributed by atoms with E-state index in [0.29, 0.717) is 159 Å². The summed E-state index contributed by atoms with van der Waals surface area (Å²) in [6, 6.07) is 0. The second-order valence-corrected chi connectivity index (χ2v) is 18.9. The molecule has 0 spiro atoms. The molecule has 0 aromatic carbocycles. The van der Waals surface area contributed by atoms with Crippen LogP contribution in [0.25, 0.3) is 0 Å². The summed E-state index contributed by atoms with van der Waals surface area (Å²) in [6.07, 6.45) is 41.4. The summed E-state index contributed by atoms with van der Waals surface area (Å²) in [4.78, 5) is 0. The van der Waals surface area contributed by atoms with Gasteiger partial charge < -0.3 is 61.6 Å². The summed E-state index contributed by atoms with van der Waals surface area (Å²) in [5.41, 5.74) is 0. The Bertz CT molecular complexity index is 824. The molecule has 0 fully saturated rings. The van der Waals surface area contributed by atoms with Gasteiger partial charge in [-0.3, -0.25) is 0 Å². The van der Waals surface area contributed by atoms with E-state index >= 15 is 0 Å². The fourth-order valence-corrected chi connectivity index (χ4v) is 7.89. The molecule has 0 atom stereocenters. The van der Waals surface area contributed by atoms with E-state index in [1.54, 1.807) is 0 Å². The third kappa shape index (κ3) is 69.5. The Morgan fingerprint density at radius 3 is 0.338 bits per heavy atom. The van der Waals surface area contributed by atoms with E-state index in [4.69, 9.17) is 61.6 Å². The van der Waals surface area contributed by atoms with E-state index in [-0.39, 0.29) is 0 Å². The smallest absolute Gasteiger partial charge is 0.0701 e. The molecular weight excluding hydrogens is 905 g/mol. The summed E-state index contributed by atoms with van der Waals surface area (Å²) in [5, 5.41) is 0. The van der Waals surface area contributed by atoms with E-state index in [0.717, 1.165) is 26.1 Å². The van der Waals surface area contributed by atoms with Crippen LogP contribution >= 0.6 is 0 Å². The fourth-order valence-electron chi connectivity index (χ4n) is 7.89. The van der Waals surface area contributed by atoms with Gasteiger partial charge in [0.15, 0.2) is 0 Å². The normalized spacial score (nSPS) is 11.7. The maximum absolute atomic E-state index is 5.71. The average Bonchev–Trinajstić information content (AvgIpc) is 3.38. The molecule has 0 amide bonds. The van der Waals surface area contributed by atoms with Crippen molar-refractivity contribution in [3.05, 3.63) is 0 Å². The highest BCUT2D eigenvalue weighted by molar-refractivity contribution is 4.52. The van der Waals surface area contributed by atoms with Crippen LogP contribution in [0.3, 0.4) is 0 Å². The zero-order valence-corrected chi connectivity index (χ0v) is 46.9. The van der Waals surface area contributed by atoms with Crippen molar-refractivity contribution >= 4 is 0 Å². The second kappa shape index (κ2) is 69.5. The molecule has 0 aliphatic heterocycles. The first-order chi connectivity index (χ1) is 35.4. The van der Waals surface area contributed by atoms with Crippen molar-refractivity contribution in [2.75, 3.05) is 172 Å². The first-order valence-corrected chi connectivity index (χ1v) is 29.9. The van der Waals surface area contributed by atoms with Gasteiger partial charge >= 0.3 is 0 Å². The van der Waals surface area contributed by atoms with Gasteiger partial charge in [-0.05, 0) is 12.8 Å². The van der Waals surface area contributed by atoms with Crippen LogP contribution in [-0.2, 0) is 61.6 Å². The van der Waals surface area contributed by atoms with Crippen molar-refractivity contribution in [1.29, 1.82) is 0 Å². The Balaban J connectivity index is 3.07. The molecule has 0 aliphatic carbocycles. The van der Waals surface area contributed by atoms with Gasteiger partial charge in [0.25, 0.3) is 0 Å². The summed E-state index contributed by atoms with van der Waals surface area (Å²) in [7, 11) is 0. The lowest BCUT2D eigenvalue weighted by atomic mass is 10.0. The molecule has 0 aromatic heterocycles. The molecule has 0 rings (SSSR count). The van der Waals surface area contributed by atoms with E-state index in [1.165, 1.54) is 180 Å². The summed E-state index contributed by atoms with van der Waals surface area (Å²) < 4.78 is 72.6. The number of hydrogen-bond donors (Lipinski definition) is 0. The van der Waals surface area contributed by atoms with Crippen molar-refractivity contribution in [3.63, 3.8) is 0 Å². The van der Waals surface area contributed by atoms with Crippen LogP contribution in [0.1, 0.15) is 206 Å². The Kier molecular flexibility index (Phi) is 69.0. The van der Waals surface area contributed by atoms with E-state index in [9.17, 15) is 0 Å². The molecular formula is C58H118O13. The molecule has 0 heterocycles. The Hall–Kier alpha value is -0.520. The Labute approximate surface area is 438 Å². The van der Waals surface area contributed by atoms with Crippen molar-refractivity contribution in [2.45, 2.75) is 206 Å². The topological polar surface area (TPSA) is 120 Å². The fraction of sp³-hybridized carbons (Fsp3) is 1.00. The highest BCUT2D eigenvalue weighted by atomic mass is 16.6. The van der Waals surface area contributed by atoms with Crippen molar-refractivity contribution in [1.82, 2.24) is 0 Å². The zero-order chi connectivity index (χ0) is 50.8. The third-order valence-corrected chi connectivity index (χ3v) is 12.2. The van der Waals surface area contributed by atoms with Crippen molar-refractivity contribution in [3.8, 4) is 0 Å². The highest BCUT2D eigenvalue weighted by Crippen LogP contribution is 2.15. The molecule has 13 heteroatoms. The summed E-state index contributed by atoms with van der Waals surface area (Å²) in [6.45, 7) is 19.5. The van der Waals surface area contributed by atoms with E-state index in [1.807, 2.05) is 0 Å². The second-order valence-electron chi connectivity index (χ2n) is 18.9. The van der Waals surface area contributed by atoms with Crippen LogP contribution in [0.2, 0.25) is 0 Å². The van der Waals surface area contributed by atoms with Crippen LogP contribution in [-0.4, -0.2) is 172 Å². The molecule has 71 heavy (non-hydrogen) atoms. The van der Waals surface area contributed by atoms with Gasteiger partial charge in [-0.2, -0.15) is 0 Å². The lowest BCUT2D eigenvalue weighted by molar-refractivity contribution is -0.0290. The zero-order valence-electron chi connectivity index (χ0n) is 46.9. The molecule has 0 saturated carbocycles. The predicted octanol–water partition coefficient (Wildman–Crippen LogP) is 12.9. The highest BCUT2D eigenvalue weighted by Gasteiger charge is 2.00. The van der Waals surface area contributed by atoms with Crippen molar-refractivity contribution < 1.29 is 61.6 Å². The van der Waals surface area contributed by atoms with Crippen LogP contribution in [0.4, 0.5) is 0 Å². The SMILES string of the molecule is CCCCCCCCCCCCCCCCCCOCCOCCOCCOCCOCCOCCOCCOCCOCCOCCOCCOCCOCCCCCCCCCCCCCCCC. The van der Waals surface area contributed by atoms with Crippen LogP contribution in [0, 0.1) is 0 Å². The number of hydrogen-bond acceptors (Lipinski definition) is 13. The lowest BCUT2D eigenvalue weighted by Crippen LogP contribution is -2.15. The first kappa shape index (κ1) is 70.5. The van der Waals surface area contributed by atoms with Crippen LogP contribution < -0.4 is 0 Å². The largest absolute Gasteiger partial charge is 0.379 e. The van der Waals surface area contributed by atoms with Gasteiger partial charge in [-0.25, -0.2) is 0 Å². The van der Waals surface area contributed by atoms with E-state index < -0.39 is 0 Å². The molecule has 0 radical (unpaired) electrons. The quantitative estimate of drug-likeness (QED) is 0.0538. The van der Waals surface area contributed by atoms with Gasteiger partial charge in [-0.15, -0.1) is 0 Å². The molecule has 0 aliphatic rings. The predicted molar refractivity (Wildman–Crippen MR) is 291 cm³/mol. The van der Waals surface area contributed by atoms with Crippen molar-refractivity contribution in [2.24, 2.45) is 0 Å². The monoisotopic (exact) mass is 1020 g/mol. The van der Waals surface area contributed by atoms with Crippen LogP contribution in [0.5, 0.6) is 0 Å². The Morgan fingerprint density at radius 1 is 0.113 bits per heavy atom. The Morgan fingerprint density at radius 2 is 0.211 bits per heavy atom. The standard InChI is InChI=1S/C58H118O13/c1-3-5-7-9-11-13-15-17-19-20-22-24-26-28-30-32-34-60-36-38-62-40-42-64-44-46-66-48-50-68-52-54-70-56-58-71-57-55-69-53-51-67-49-47-65-45-43-63-41-39-61-37-35-59-33-31-29-27-25-23-21-18-16-14-12-10-8-6-4-2/h3-58H2,1-2H3. The maximum Gasteiger partial charge on any atom is 0.0701 e. The molecule has 428 valence electrons. The third-order valence-electron chi connectivity index (χ3n) is 12.2. The molecule has 0 bridgehead atoms. The van der Waals surface area contributed by atoms with Gasteiger partial charge in [0, 0.05) is 13.2 Å². The summed E-state index contributed by atoms with van der Waals surface area (Å²) in [5.74, 6) is 0. The van der Waals surface area contributed by atoms with Gasteiger partial charge in [0.1, 0.15) is 0 Å². The van der Waals surface area contributed by atoms with Crippen LogP contribution in [0.15, 0.2) is 0 Å². The van der Waals surface area contributed by atoms with Gasteiger partial charge in [-0.1, -0.05) is 194 Å². The number of unbranched alkanes of at least 4 members (excludes halogenated alkanes) is 28. The van der Waals surface area contributed by atoms with Gasteiger partial charge in [0.2, 0.25) is 0 Å².